The Balaban J connectivity index is 1.63. The van der Waals surface area contributed by atoms with Gasteiger partial charge in [-0.05, 0) is 66.1 Å². The maximum Gasteiger partial charge on any atom is 0.243 e. The second-order valence-corrected chi connectivity index (χ2v) is 12.8. The van der Waals surface area contributed by atoms with Crippen molar-refractivity contribution in [1.82, 2.24) is 9.21 Å². The Bertz CT molecular complexity index is 1360. The van der Waals surface area contributed by atoms with E-state index >= 15 is 0 Å². The lowest BCUT2D eigenvalue weighted by Gasteiger charge is -2.37. The van der Waals surface area contributed by atoms with E-state index in [1.54, 1.807) is 23.5 Å². The summed E-state index contributed by atoms with van der Waals surface area (Å²) in [6.45, 7) is 7.79. The summed E-state index contributed by atoms with van der Waals surface area (Å²) < 4.78 is 28.6. The second kappa shape index (κ2) is 11.2. The molecule has 0 spiro atoms. The molecule has 1 unspecified atom stereocenters. The van der Waals surface area contributed by atoms with Crippen LogP contribution in [0.25, 0.3) is 0 Å². The standard InChI is InChI=1S/C28H33N3O4S2/c1-19(2)17-30(37(34,35)24-11-9-23(10-12-24)29-21(4)32)18-27(33)31-15-13-26-25(14-16-36-26)28(31)22-7-5-20(3)6-8-22/h5-12,14,16,19,28H,13,15,17-18H2,1-4H3,(H,29,32). The van der Waals surface area contributed by atoms with Crippen molar-refractivity contribution < 1.29 is 18.0 Å². The average Bonchev–Trinajstić information content (AvgIpc) is 3.32. The number of rotatable bonds is 8. The van der Waals surface area contributed by atoms with Gasteiger partial charge in [-0.3, -0.25) is 9.59 Å². The highest BCUT2D eigenvalue weighted by molar-refractivity contribution is 7.89. The van der Waals surface area contributed by atoms with Gasteiger partial charge in [-0.1, -0.05) is 43.7 Å². The number of carbonyl (C=O) groups is 2. The van der Waals surface area contributed by atoms with Crippen molar-refractivity contribution in [3.8, 4) is 0 Å². The fourth-order valence-corrected chi connectivity index (χ4v) is 7.11. The van der Waals surface area contributed by atoms with Crippen molar-refractivity contribution in [3.63, 3.8) is 0 Å². The van der Waals surface area contributed by atoms with Gasteiger partial charge in [0.05, 0.1) is 17.5 Å². The number of nitrogens with zero attached hydrogens (tertiary/aromatic N) is 2. The third-order valence-electron chi connectivity index (χ3n) is 6.37. The van der Waals surface area contributed by atoms with Crippen molar-refractivity contribution in [2.75, 3.05) is 25.0 Å². The number of sulfonamides is 1. The van der Waals surface area contributed by atoms with Crippen LogP contribution in [0.4, 0.5) is 5.69 Å². The second-order valence-electron chi connectivity index (χ2n) is 9.85. The van der Waals surface area contributed by atoms with Crippen LogP contribution in [0.2, 0.25) is 0 Å². The lowest BCUT2D eigenvalue weighted by atomic mass is 9.92. The number of amides is 2. The number of hydrogen-bond acceptors (Lipinski definition) is 5. The van der Waals surface area contributed by atoms with Crippen molar-refractivity contribution in [2.24, 2.45) is 5.92 Å². The summed E-state index contributed by atoms with van der Waals surface area (Å²) in [5, 5.41) is 4.70. The number of fused-ring (bicyclic) bond motifs is 1. The van der Waals surface area contributed by atoms with Crippen LogP contribution in [0.1, 0.15) is 48.4 Å². The minimum absolute atomic E-state index is 0.0268. The first-order valence-electron chi connectivity index (χ1n) is 12.4. The van der Waals surface area contributed by atoms with Gasteiger partial charge < -0.3 is 10.2 Å². The molecule has 1 aliphatic heterocycles. The van der Waals surface area contributed by atoms with E-state index in [4.69, 9.17) is 0 Å². The molecule has 196 valence electrons. The highest BCUT2D eigenvalue weighted by Gasteiger charge is 2.35. The third-order valence-corrected chi connectivity index (χ3v) is 9.19. The van der Waals surface area contributed by atoms with Gasteiger partial charge in [0, 0.05) is 30.6 Å². The highest BCUT2D eigenvalue weighted by atomic mass is 32.2. The largest absolute Gasteiger partial charge is 0.330 e. The van der Waals surface area contributed by atoms with E-state index < -0.39 is 10.0 Å². The average molecular weight is 540 g/mol. The fraction of sp³-hybridized carbons (Fsp3) is 0.357. The molecule has 0 aliphatic carbocycles. The van der Waals surface area contributed by atoms with Crippen LogP contribution in [-0.4, -0.2) is 49.1 Å². The maximum absolute atomic E-state index is 13.8. The first-order valence-corrected chi connectivity index (χ1v) is 14.7. The predicted octanol–water partition coefficient (Wildman–Crippen LogP) is 4.84. The first kappa shape index (κ1) is 27.0. The fourth-order valence-electron chi connectivity index (χ4n) is 4.65. The minimum atomic E-state index is -3.94. The lowest BCUT2D eigenvalue weighted by Crippen LogP contribution is -2.47. The smallest absolute Gasteiger partial charge is 0.243 e. The molecule has 2 amide bonds. The normalized spacial score (nSPS) is 15.6. The number of thiophene rings is 1. The summed E-state index contributed by atoms with van der Waals surface area (Å²) in [4.78, 5) is 28.3. The Morgan fingerprint density at radius 1 is 1.08 bits per heavy atom. The van der Waals surface area contributed by atoms with E-state index in [0.717, 1.165) is 23.1 Å². The number of anilines is 1. The monoisotopic (exact) mass is 539 g/mol. The first-order chi connectivity index (χ1) is 17.6. The van der Waals surface area contributed by atoms with Gasteiger partial charge in [0.1, 0.15) is 0 Å². The Morgan fingerprint density at radius 3 is 2.38 bits per heavy atom. The van der Waals surface area contributed by atoms with E-state index in [1.807, 2.05) is 49.9 Å². The van der Waals surface area contributed by atoms with E-state index in [9.17, 15) is 18.0 Å². The van der Waals surface area contributed by atoms with Crippen molar-refractivity contribution >= 4 is 38.9 Å². The van der Waals surface area contributed by atoms with E-state index in [-0.39, 0.29) is 41.8 Å². The molecule has 1 aromatic heterocycles. The van der Waals surface area contributed by atoms with Crippen LogP contribution in [0.15, 0.2) is 64.9 Å². The summed E-state index contributed by atoms with van der Waals surface area (Å²) in [6, 6.07) is 16.0. The summed E-state index contributed by atoms with van der Waals surface area (Å²) in [5.41, 5.74) is 3.78. The topological polar surface area (TPSA) is 86.8 Å². The quantitative estimate of drug-likeness (QED) is 0.444. The van der Waals surface area contributed by atoms with Gasteiger partial charge in [-0.25, -0.2) is 8.42 Å². The molecule has 0 fully saturated rings. The molecular weight excluding hydrogens is 506 g/mol. The van der Waals surface area contributed by atoms with Crippen LogP contribution in [0, 0.1) is 12.8 Å². The molecule has 7 nitrogen and oxygen atoms in total. The Morgan fingerprint density at radius 2 is 1.76 bits per heavy atom. The SMILES string of the molecule is CC(=O)Nc1ccc(S(=O)(=O)N(CC(=O)N2CCc3sccc3C2c2ccc(C)cc2)CC(C)C)cc1. The summed E-state index contributed by atoms with van der Waals surface area (Å²) in [6.07, 6.45) is 0.753. The molecule has 2 aromatic carbocycles. The van der Waals surface area contributed by atoms with Crippen LogP contribution in [-0.2, 0) is 26.0 Å². The van der Waals surface area contributed by atoms with Crippen LogP contribution < -0.4 is 5.32 Å². The molecule has 0 saturated carbocycles. The van der Waals surface area contributed by atoms with Crippen molar-refractivity contribution in [3.05, 3.63) is 81.5 Å². The van der Waals surface area contributed by atoms with Gasteiger partial charge in [-0.2, -0.15) is 4.31 Å². The van der Waals surface area contributed by atoms with Gasteiger partial charge >= 0.3 is 0 Å². The van der Waals surface area contributed by atoms with Gasteiger partial charge in [0.25, 0.3) is 0 Å². The van der Waals surface area contributed by atoms with E-state index in [1.165, 1.54) is 28.2 Å². The number of aryl methyl sites for hydroxylation is 1. The Kier molecular flexibility index (Phi) is 8.16. The Labute approximate surface area is 223 Å². The molecule has 3 aromatic rings. The van der Waals surface area contributed by atoms with Crippen LogP contribution >= 0.6 is 11.3 Å². The van der Waals surface area contributed by atoms with Crippen molar-refractivity contribution in [1.29, 1.82) is 0 Å². The van der Waals surface area contributed by atoms with E-state index in [2.05, 4.69) is 16.8 Å². The van der Waals surface area contributed by atoms with Gasteiger partial charge in [0.15, 0.2) is 0 Å². The summed E-state index contributed by atoms with van der Waals surface area (Å²) in [7, 11) is -3.94. The molecule has 37 heavy (non-hydrogen) atoms. The number of hydrogen-bond donors (Lipinski definition) is 1. The van der Waals surface area contributed by atoms with Gasteiger partial charge in [0.2, 0.25) is 21.8 Å². The number of nitrogens with one attached hydrogen (secondary N) is 1. The minimum Gasteiger partial charge on any atom is -0.330 e. The van der Waals surface area contributed by atoms with E-state index in [0.29, 0.717) is 12.2 Å². The predicted molar refractivity (Wildman–Crippen MR) is 147 cm³/mol. The zero-order chi connectivity index (χ0) is 26.7. The van der Waals surface area contributed by atoms with Crippen molar-refractivity contribution in [2.45, 2.75) is 45.1 Å². The zero-order valence-electron chi connectivity index (χ0n) is 21.6. The molecule has 0 saturated heterocycles. The molecule has 0 radical (unpaired) electrons. The molecule has 2 heterocycles. The molecule has 1 aliphatic rings. The third kappa shape index (κ3) is 6.11. The summed E-state index contributed by atoms with van der Waals surface area (Å²) in [5.74, 6) is -0.429. The van der Waals surface area contributed by atoms with Crippen LogP contribution in [0.3, 0.4) is 0 Å². The molecule has 4 rings (SSSR count). The lowest BCUT2D eigenvalue weighted by molar-refractivity contribution is -0.133. The summed E-state index contributed by atoms with van der Waals surface area (Å²) >= 11 is 1.70. The highest BCUT2D eigenvalue weighted by Crippen LogP contribution is 2.38. The number of benzene rings is 2. The van der Waals surface area contributed by atoms with Gasteiger partial charge in [-0.15, -0.1) is 11.3 Å². The molecule has 1 atom stereocenters. The number of carbonyl (C=O) groups excluding carboxylic acids is 2. The maximum atomic E-state index is 13.8. The Hall–Kier alpha value is -3.01. The van der Waals surface area contributed by atoms with Crippen LogP contribution in [0.5, 0.6) is 0 Å². The molecule has 0 bridgehead atoms. The zero-order valence-corrected chi connectivity index (χ0v) is 23.2. The molecule has 1 N–H and O–H groups in total. The molecular formula is C28H33N3O4S2. The molecule has 9 heteroatoms.